The Kier molecular flexibility index (Phi) is 6.59. The number of carbonyl (C=O) groups excluding carboxylic acids is 1. The summed E-state index contributed by atoms with van der Waals surface area (Å²) in [6, 6.07) is 12.7. The van der Waals surface area contributed by atoms with Gasteiger partial charge in [-0.2, -0.15) is 0 Å². The number of thioether (sulfide) groups is 1. The van der Waals surface area contributed by atoms with Crippen molar-refractivity contribution in [1.82, 2.24) is 19.5 Å². The number of anilines is 1. The van der Waals surface area contributed by atoms with E-state index in [9.17, 15) is 13.2 Å². The quantitative estimate of drug-likeness (QED) is 0.542. The van der Waals surface area contributed by atoms with Crippen molar-refractivity contribution >= 4 is 33.4 Å². The Bertz CT molecular complexity index is 1190. The van der Waals surface area contributed by atoms with E-state index >= 15 is 0 Å². The van der Waals surface area contributed by atoms with Crippen LogP contribution in [0.5, 0.6) is 0 Å². The normalized spacial score (nSPS) is 11.5. The molecule has 1 heterocycles. The average Bonchev–Trinajstić information content (AvgIpc) is 3.08. The van der Waals surface area contributed by atoms with Gasteiger partial charge in [-0.1, -0.05) is 36.0 Å². The molecule has 0 saturated heterocycles. The van der Waals surface area contributed by atoms with Crippen molar-refractivity contribution in [2.45, 2.75) is 30.8 Å². The van der Waals surface area contributed by atoms with Crippen LogP contribution in [0, 0.1) is 20.8 Å². The Morgan fingerprint density at radius 3 is 2.50 bits per heavy atom. The van der Waals surface area contributed by atoms with E-state index < -0.39 is 10.0 Å². The molecule has 0 bridgehead atoms. The summed E-state index contributed by atoms with van der Waals surface area (Å²) >= 11 is 1.26. The first kappa shape index (κ1) is 22.0. The molecule has 2 N–H and O–H groups in total. The van der Waals surface area contributed by atoms with E-state index in [4.69, 9.17) is 0 Å². The number of amides is 1. The second-order valence-corrected chi connectivity index (χ2v) is 9.47. The SMILES string of the molecule is CNS(=O)(=O)c1cc(NC(=O)CSc2nnc(C)n2-c2ccccc2C)ccc1C. The van der Waals surface area contributed by atoms with Gasteiger partial charge >= 0.3 is 0 Å². The van der Waals surface area contributed by atoms with Crippen LogP contribution in [-0.2, 0) is 14.8 Å². The van der Waals surface area contributed by atoms with Crippen LogP contribution in [-0.4, -0.2) is 41.9 Å². The first-order valence-electron chi connectivity index (χ1n) is 9.18. The average molecular weight is 446 g/mol. The number of hydrogen-bond acceptors (Lipinski definition) is 6. The van der Waals surface area contributed by atoms with E-state index in [1.807, 2.05) is 42.7 Å². The third-order valence-corrected chi connectivity index (χ3v) is 7.00. The molecule has 3 rings (SSSR count). The van der Waals surface area contributed by atoms with Gasteiger partial charge < -0.3 is 5.32 Å². The van der Waals surface area contributed by atoms with Gasteiger partial charge in [0.25, 0.3) is 0 Å². The zero-order valence-corrected chi connectivity index (χ0v) is 18.8. The van der Waals surface area contributed by atoms with E-state index in [0.717, 1.165) is 17.1 Å². The summed E-state index contributed by atoms with van der Waals surface area (Å²) in [6.45, 7) is 5.57. The number of hydrogen-bond donors (Lipinski definition) is 2. The van der Waals surface area contributed by atoms with Crippen molar-refractivity contribution in [2.24, 2.45) is 0 Å². The molecule has 0 aliphatic heterocycles. The van der Waals surface area contributed by atoms with Crippen molar-refractivity contribution in [1.29, 1.82) is 0 Å². The number of benzene rings is 2. The molecule has 0 spiro atoms. The lowest BCUT2D eigenvalue weighted by molar-refractivity contribution is -0.113. The summed E-state index contributed by atoms with van der Waals surface area (Å²) in [7, 11) is -2.26. The van der Waals surface area contributed by atoms with Crippen LogP contribution in [0.2, 0.25) is 0 Å². The van der Waals surface area contributed by atoms with Crippen LogP contribution in [0.4, 0.5) is 5.69 Å². The number of aryl methyl sites for hydroxylation is 3. The number of rotatable bonds is 7. The summed E-state index contributed by atoms with van der Waals surface area (Å²) in [5.74, 6) is 0.563. The van der Waals surface area contributed by atoms with Gasteiger partial charge in [-0.3, -0.25) is 9.36 Å². The summed E-state index contributed by atoms with van der Waals surface area (Å²) in [4.78, 5) is 12.6. The van der Waals surface area contributed by atoms with E-state index in [2.05, 4.69) is 20.2 Å². The Morgan fingerprint density at radius 2 is 1.80 bits per heavy atom. The van der Waals surface area contributed by atoms with Gasteiger partial charge in [0.2, 0.25) is 15.9 Å². The van der Waals surface area contributed by atoms with Crippen LogP contribution >= 0.6 is 11.8 Å². The van der Waals surface area contributed by atoms with E-state index in [1.165, 1.54) is 24.9 Å². The van der Waals surface area contributed by atoms with Gasteiger partial charge in [0, 0.05) is 5.69 Å². The number of sulfonamides is 1. The van der Waals surface area contributed by atoms with Crippen LogP contribution in [0.1, 0.15) is 17.0 Å². The maximum absolute atomic E-state index is 12.5. The van der Waals surface area contributed by atoms with Crippen molar-refractivity contribution in [3.8, 4) is 5.69 Å². The van der Waals surface area contributed by atoms with Crippen LogP contribution in [0.3, 0.4) is 0 Å². The van der Waals surface area contributed by atoms with Gasteiger partial charge in [-0.15, -0.1) is 10.2 Å². The molecule has 0 aliphatic rings. The second-order valence-electron chi connectivity index (χ2n) is 6.68. The molecule has 0 fully saturated rings. The highest BCUT2D eigenvalue weighted by Crippen LogP contribution is 2.25. The maximum atomic E-state index is 12.5. The predicted octanol–water partition coefficient (Wildman–Crippen LogP) is 2.83. The number of carbonyl (C=O) groups is 1. The lowest BCUT2D eigenvalue weighted by atomic mass is 10.2. The Morgan fingerprint density at radius 1 is 1.07 bits per heavy atom. The fourth-order valence-corrected chi connectivity index (χ4v) is 4.72. The van der Waals surface area contributed by atoms with Crippen molar-refractivity contribution in [3.63, 3.8) is 0 Å². The summed E-state index contributed by atoms with van der Waals surface area (Å²) < 4.78 is 28.5. The Hall–Kier alpha value is -2.69. The van der Waals surface area contributed by atoms with Crippen LogP contribution < -0.4 is 10.0 Å². The Labute approximate surface area is 180 Å². The molecule has 2 aromatic carbocycles. The lowest BCUT2D eigenvalue weighted by Gasteiger charge is -2.12. The van der Waals surface area contributed by atoms with Gasteiger partial charge in [0.1, 0.15) is 5.82 Å². The molecule has 0 radical (unpaired) electrons. The lowest BCUT2D eigenvalue weighted by Crippen LogP contribution is -2.20. The molecule has 0 aliphatic carbocycles. The molecule has 8 nitrogen and oxygen atoms in total. The highest BCUT2D eigenvalue weighted by molar-refractivity contribution is 7.99. The first-order chi connectivity index (χ1) is 14.2. The number of nitrogens with zero attached hydrogens (tertiary/aromatic N) is 3. The predicted molar refractivity (Wildman–Crippen MR) is 118 cm³/mol. The molecule has 3 aromatic rings. The monoisotopic (exact) mass is 445 g/mol. The zero-order chi connectivity index (χ0) is 21.9. The maximum Gasteiger partial charge on any atom is 0.240 e. The summed E-state index contributed by atoms with van der Waals surface area (Å²) in [5.41, 5.74) is 3.04. The number of aromatic nitrogens is 3. The first-order valence-corrected chi connectivity index (χ1v) is 11.6. The minimum atomic E-state index is -3.61. The largest absolute Gasteiger partial charge is 0.325 e. The molecule has 10 heteroatoms. The zero-order valence-electron chi connectivity index (χ0n) is 17.1. The Balaban J connectivity index is 1.74. The molecule has 158 valence electrons. The highest BCUT2D eigenvalue weighted by Gasteiger charge is 2.17. The standard InChI is InChI=1S/C20H23N5O3S2/c1-13-7-5-6-8-17(13)25-15(3)23-24-20(25)29-12-19(26)22-16-10-9-14(2)18(11-16)30(27,28)21-4/h5-11,21H,12H2,1-4H3,(H,22,26). The summed E-state index contributed by atoms with van der Waals surface area (Å²) in [5, 5.41) is 11.7. The summed E-state index contributed by atoms with van der Waals surface area (Å²) in [6.07, 6.45) is 0. The fraction of sp³-hybridized carbons (Fsp3) is 0.250. The molecule has 1 amide bonds. The smallest absolute Gasteiger partial charge is 0.240 e. The minimum absolute atomic E-state index is 0.103. The molecular formula is C20H23N5O3S2. The van der Waals surface area contributed by atoms with Crippen molar-refractivity contribution in [2.75, 3.05) is 18.1 Å². The third-order valence-electron chi connectivity index (χ3n) is 4.51. The number of para-hydroxylation sites is 1. The topological polar surface area (TPSA) is 106 Å². The molecular weight excluding hydrogens is 422 g/mol. The second kappa shape index (κ2) is 8.99. The molecule has 1 aromatic heterocycles. The van der Waals surface area contributed by atoms with Gasteiger partial charge in [0.15, 0.2) is 5.16 Å². The van der Waals surface area contributed by atoms with Crippen LogP contribution in [0.25, 0.3) is 5.69 Å². The van der Waals surface area contributed by atoms with E-state index in [0.29, 0.717) is 16.4 Å². The van der Waals surface area contributed by atoms with Crippen molar-refractivity contribution in [3.05, 3.63) is 59.4 Å². The van der Waals surface area contributed by atoms with Crippen molar-refractivity contribution < 1.29 is 13.2 Å². The van der Waals surface area contributed by atoms with Gasteiger partial charge in [0.05, 0.1) is 16.3 Å². The van der Waals surface area contributed by atoms with E-state index in [1.54, 1.807) is 19.1 Å². The molecule has 0 saturated carbocycles. The van der Waals surface area contributed by atoms with Gasteiger partial charge in [-0.05, 0) is 57.1 Å². The van der Waals surface area contributed by atoms with Gasteiger partial charge in [-0.25, -0.2) is 13.1 Å². The fourth-order valence-electron chi connectivity index (χ4n) is 2.93. The minimum Gasteiger partial charge on any atom is -0.325 e. The van der Waals surface area contributed by atoms with E-state index in [-0.39, 0.29) is 16.6 Å². The highest BCUT2D eigenvalue weighted by atomic mass is 32.2. The van der Waals surface area contributed by atoms with Crippen LogP contribution in [0.15, 0.2) is 52.5 Å². The molecule has 0 unspecified atom stereocenters. The third kappa shape index (κ3) is 4.72. The molecule has 0 atom stereocenters. The number of nitrogens with one attached hydrogen (secondary N) is 2. The molecule has 30 heavy (non-hydrogen) atoms.